The van der Waals surface area contributed by atoms with Crippen LogP contribution < -0.4 is 24.8 Å². The van der Waals surface area contributed by atoms with E-state index in [1.165, 1.54) is 41.0 Å². The summed E-state index contributed by atoms with van der Waals surface area (Å²) in [5, 5.41) is 0. The summed E-state index contributed by atoms with van der Waals surface area (Å²) in [5.74, 6) is 0. The first-order valence-corrected chi connectivity index (χ1v) is 12.4. The zero-order valence-electron chi connectivity index (χ0n) is 12.2. The summed E-state index contributed by atoms with van der Waals surface area (Å²) in [6, 6.07) is 14.0. The van der Waals surface area contributed by atoms with Gasteiger partial charge in [0.1, 0.15) is 0 Å². The summed E-state index contributed by atoms with van der Waals surface area (Å²) in [6.45, 7) is 0. The normalized spacial score (nSPS) is 21.4. The molecule has 0 amide bonds. The Morgan fingerprint density at radius 2 is 1.21 bits per heavy atom. The topological polar surface area (TPSA) is 0 Å². The van der Waals surface area contributed by atoms with Crippen LogP contribution in [0.15, 0.2) is 55.2 Å². The van der Waals surface area contributed by atoms with E-state index in [1.807, 2.05) is 11.8 Å². The van der Waals surface area contributed by atoms with E-state index in [9.17, 15) is 0 Å². The Bertz CT molecular complexity index is 823. The van der Waals surface area contributed by atoms with E-state index in [0.717, 1.165) is 0 Å². The Kier molecular flexibility index (Phi) is 5.97. The Labute approximate surface area is 186 Å². The van der Waals surface area contributed by atoms with E-state index in [-0.39, 0.29) is 24.8 Å². The molecule has 4 heterocycles. The van der Waals surface area contributed by atoms with E-state index in [1.54, 1.807) is 0 Å². The minimum atomic E-state index is -0.712. The predicted octanol–water partition coefficient (Wildman–Crippen LogP) is 0.523. The molecule has 2 unspecified atom stereocenters. The van der Waals surface area contributed by atoms with Crippen LogP contribution in [0.25, 0.3) is 12.2 Å². The molecule has 0 nitrogen and oxygen atoms in total. The van der Waals surface area contributed by atoms with Crippen molar-refractivity contribution in [2.24, 2.45) is 0 Å². The van der Waals surface area contributed by atoms with Crippen molar-refractivity contribution in [1.82, 2.24) is 0 Å². The van der Waals surface area contributed by atoms with Gasteiger partial charge in [-0.3, -0.25) is 0 Å². The average Bonchev–Trinajstić information content (AvgIpc) is 2.95. The smallest absolute Gasteiger partial charge is 1.00 e. The van der Waals surface area contributed by atoms with Crippen molar-refractivity contribution in [1.29, 1.82) is 0 Å². The SMILES string of the molecule is BrC1=Cc2cc3ccc2[CH]1[Zr+2][CH]1C(Br)=Cc2cc(ccc21)S3.[Cl-].[Cl-]. The Morgan fingerprint density at radius 3 is 1.67 bits per heavy atom. The van der Waals surface area contributed by atoms with Gasteiger partial charge in [0, 0.05) is 0 Å². The van der Waals surface area contributed by atoms with Gasteiger partial charge in [0.15, 0.2) is 0 Å². The molecule has 0 radical (unpaired) electrons. The van der Waals surface area contributed by atoms with Gasteiger partial charge < -0.3 is 24.8 Å². The minimum absolute atomic E-state index is 0. The molecule has 6 aliphatic rings. The van der Waals surface area contributed by atoms with Crippen molar-refractivity contribution in [3.8, 4) is 0 Å². The molecule has 2 aromatic rings. The molecule has 24 heavy (non-hydrogen) atoms. The number of halogens is 4. The maximum Gasteiger partial charge on any atom is -1.00 e. The van der Waals surface area contributed by atoms with Crippen LogP contribution >= 0.6 is 43.6 Å². The summed E-state index contributed by atoms with van der Waals surface area (Å²) in [4.78, 5) is 2.67. The van der Waals surface area contributed by atoms with Crippen molar-refractivity contribution in [2.45, 2.75) is 17.0 Å². The summed E-state index contributed by atoms with van der Waals surface area (Å²) >= 11 is 8.87. The molecule has 4 aliphatic heterocycles. The van der Waals surface area contributed by atoms with Crippen LogP contribution in [0.5, 0.6) is 0 Å². The molecule has 6 heteroatoms. The van der Waals surface area contributed by atoms with E-state index in [0.29, 0.717) is 7.25 Å². The van der Waals surface area contributed by atoms with Gasteiger partial charge in [-0.2, -0.15) is 0 Å². The van der Waals surface area contributed by atoms with E-state index in [2.05, 4.69) is 80.4 Å². The minimum Gasteiger partial charge on any atom is -1.00 e. The zero-order chi connectivity index (χ0) is 14.8. The van der Waals surface area contributed by atoms with Crippen LogP contribution in [-0.2, 0) is 23.2 Å². The van der Waals surface area contributed by atoms with Crippen LogP contribution in [0.3, 0.4) is 0 Å². The molecule has 8 rings (SSSR count). The summed E-state index contributed by atoms with van der Waals surface area (Å²) in [6.07, 6.45) is 4.68. The average molecular weight is 580 g/mol. The zero-order valence-corrected chi connectivity index (χ0v) is 20.2. The van der Waals surface area contributed by atoms with Gasteiger partial charge in [-0.05, 0) is 0 Å². The summed E-state index contributed by atoms with van der Waals surface area (Å²) < 4.78 is 4.04. The molecular weight excluding hydrogens is 570 g/mol. The van der Waals surface area contributed by atoms with Gasteiger partial charge in [0.2, 0.25) is 0 Å². The molecule has 0 N–H and O–H groups in total. The Morgan fingerprint density at radius 1 is 0.750 bits per heavy atom. The molecule has 0 spiro atoms. The van der Waals surface area contributed by atoms with E-state index < -0.39 is 23.2 Å². The van der Waals surface area contributed by atoms with Crippen molar-refractivity contribution >= 4 is 55.8 Å². The number of hydrogen-bond acceptors (Lipinski definition) is 1. The van der Waals surface area contributed by atoms with Gasteiger partial charge in [-0.15, -0.1) is 0 Å². The first kappa shape index (κ1) is 19.5. The van der Waals surface area contributed by atoms with Crippen molar-refractivity contribution in [3.05, 3.63) is 67.6 Å². The fourth-order valence-corrected chi connectivity index (χ4v) is 11.1. The maximum absolute atomic E-state index is 3.86. The van der Waals surface area contributed by atoms with Gasteiger partial charge in [0.05, 0.1) is 0 Å². The first-order valence-electron chi connectivity index (χ1n) is 7.15. The molecule has 2 aromatic carbocycles. The number of hydrogen-bond donors (Lipinski definition) is 0. The summed E-state index contributed by atoms with van der Waals surface area (Å²) in [7, 11) is 0. The monoisotopic (exact) mass is 576 g/mol. The van der Waals surface area contributed by atoms with Gasteiger partial charge >= 0.3 is 164 Å². The first-order chi connectivity index (χ1) is 10.7. The van der Waals surface area contributed by atoms with Crippen LogP contribution in [0.2, 0.25) is 0 Å². The molecule has 8 bridgehead atoms. The summed E-state index contributed by atoms with van der Waals surface area (Å²) in [5.41, 5.74) is 5.89. The van der Waals surface area contributed by atoms with Crippen molar-refractivity contribution in [2.75, 3.05) is 0 Å². The van der Waals surface area contributed by atoms with Gasteiger partial charge in [-0.25, -0.2) is 0 Å². The predicted molar refractivity (Wildman–Crippen MR) is 96.3 cm³/mol. The Balaban J connectivity index is 0.000000845. The fourth-order valence-electron chi connectivity index (χ4n) is 3.41. The quantitative estimate of drug-likeness (QED) is 0.439. The third-order valence-corrected chi connectivity index (χ3v) is 13.6. The molecule has 0 saturated heterocycles. The molecule has 0 saturated carbocycles. The third kappa shape index (κ3) is 3.10. The second kappa shape index (κ2) is 7.37. The molecule has 2 atom stereocenters. The van der Waals surface area contributed by atoms with Crippen LogP contribution in [0, 0.1) is 0 Å². The van der Waals surface area contributed by atoms with Crippen molar-refractivity contribution in [3.63, 3.8) is 0 Å². The van der Waals surface area contributed by atoms with E-state index >= 15 is 0 Å². The van der Waals surface area contributed by atoms with Gasteiger partial charge in [0.25, 0.3) is 0 Å². The Hall–Kier alpha value is 0.693. The molecular formula is C18H10Br2Cl2SZr. The second-order valence-corrected chi connectivity index (χ2v) is 12.4. The molecule has 0 aromatic heterocycles. The van der Waals surface area contributed by atoms with Crippen LogP contribution in [0.4, 0.5) is 0 Å². The largest absolute Gasteiger partial charge is 1.00 e. The molecule has 0 fully saturated rings. The van der Waals surface area contributed by atoms with E-state index in [4.69, 9.17) is 0 Å². The number of rotatable bonds is 0. The maximum atomic E-state index is 3.86. The van der Waals surface area contributed by atoms with Crippen LogP contribution in [0.1, 0.15) is 29.5 Å². The molecule has 2 aliphatic carbocycles. The second-order valence-electron chi connectivity index (χ2n) is 5.77. The fraction of sp³-hybridized carbons (Fsp3) is 0.111. The molecule has 120 valence electrons. The van der Waals surface area contributed by atoms with Crippen LogP contribution in [-0.4, -0.2) is 0 Å². The standard InChI is InChI=1S/C18H10Br2S.2ClH.Zr/c19-15-5-11-1-3-17(9-13(11)7-15)21-18-4-2-12-6-16(20)8-14(12)10-18;;;/h1-10H;2*1H;/q;;;+2/p-2. The third-order valence-electron chi connectivity index (χ3n) is 4.45. The number of allylic oxidation sites excluding steroid dienone is 2. The van der Waals surface area contributed by atoms with Gasteiger partial charge in [-0.1, -0.05) is 0 Å². The number of benzene rings is 2. The van der Waals surface area contributed by atoms with Crippen molar-refractivity contribution < 1.29 is 48.0 Å².